The highest BCUT2D eigenvalue weighted by Crippen LogP contribution is 2.54. The summed E-state index contributed by atoms with van der Waals surface area (Å²) < 4.78 is 0. The third kappa shape index (κ3) is 5.47. The van der Waals surface area contributed by atoms with Gasteiger partial charge in [-0.25, -0.2) is 0 Å². The maximum atomic E-state index is 13.3. The molecule has 184 valence electrons. The summed E-state index contributed by atoms with van der Waals surface area (Å²) in [4.78, 5) is 30.3. The normalized spacial score (nSPS) is 31.7. The number of nitrogens with zero attached hydrogens (tertiary/aromatic N) is 2. The van der Waals surface area contributed by atoms with Gasteiger partial charge in [-0.3, -0.25) is 9.59 Å². The maximum Gasteiger partial charge on any atom is 0.223 e. The maximum absolute atomic E-state index is 13.3. The van der Waals surface area contributed by atoms with Gasteiger partial charge in [0, 0.05) is 37.3 Å². The van der Waals surface area contributed by atoms with Gasteiger partial charge in [-0.2, -0.15) is 0 Å². The smallest absolute Gasteiger partial charge is 0.223 e. The van der Waals surface area contributed by atoms with Gasteiger partial charge >= 0.3 is 0 Å². The molecule has 3 aliphatic carbocycles. The number of hydrogen-bond acceptors (Lipinski definition) is 3. The number of rotatable bonds is 6. The van der Waals surface area contributed by atoms with Crippen LogP contribution in [0, 0.1) is 28.6 Å². The zero-order valence-corrected chi connectivity index (χ0v) is 21.5. The van der Waals surface area contributed by atoms with E-state index in [0.29, 0.717) is 41.3 Å². The number of allylic oxidation sites excluding steroid dienone is 3. The molecule has 33 heavy (non-hydrogen) atoms. The number of piperidine rings is 1. The van der Waals surface area contributed by atoms with Crippen molar-refractivity contribution in [2.75, 3.05) is 26.2 Å². The molecule has 1 aliphatic heterocycles. The fourth-order valence-electron chi connectivity index (χ4n) is 7.09. The molecule has 0 aromatic heterocycles. The Bertz CT molecular complexity index is 769. The van der Waals surface area contributed by atoms with Crippen molar-refractivity contribution in [3.63, 3.8) is 0 Å². The van der Waals surface area contributed by atoms with Crippen LogP contribution in [0.1, 0.15) is 85.5 Å². The molecule has 0 aromatic rings. The van der Waals surface area contributed by atoms with Crippen LogP contribution < -0.4 is 0 Å². The monoisotopic (exact) mass is 454 g/mol. The zero-order valence-electron chi connectivity index (χ0n) is 21.5. The van der Waals surface area contributed by atoms with Gasteiger partial charge in [-0.1, -0.05) is 45.1 Å². The highest BCUT2D eigenvalue weighted by Gasteiger charge is 2.50. The van der Waals surface area contributed by atoms with Crippen LogP contribution in [0.2, 0.25) is 0 Å². The highest BCUT2D eigenvalue weighted by molar-refractivity contribution is 5.88. The zero-order chi connectivity index (χ0) is 23.6. The second-order valence-corrected chi connectivity index (χ2v) is 12.4. The summed E-state index contributed by atoms with van der Waals surface area (Å²) >= 11 is 0. The second-order valence-electron chi connectivity index (χ2n) is 12.4. The van der Waals surface area contributed by atoms with Crippen molar-refractivity contribution >= 4 is 11.7 Å². The lowest BCUT2D eigenvalue weighted by atomic mass is 9.55. The van der Waals surface area contributed by atoms with Crippen LogP contribution >= 0.6 is 0 Å². The van der Waals surface area contributed by atoms with E-state index in [-0.39, 0.29) is 17.9 Å². The van der Waals surface area contributed by atoms with Gasteiger partial charge in [0.1, 0.15) is 5.78 Å². The van der Waals surface area contributed by atoms with Crippen molar-refractivity contribution in [1.29, 1.82) is 0 Å². The van der Waals surface area contributed by atoms with E-state index in [2.05, 4.69) is 61.8 Å². The molecule has 3 fully saturated rings. The molecular weight excluding hydrogens is 408 g/mol. The number of carbonyl (C=O) groups excluding carboxylic acids is 2. The minimum Gasteiger partial charge on any atom is -0.339 e. The lowest BCUT2D eigenvalue weighted by Crippen LogP contribution is -2.56. The van der Waals surface area contributed by atoms with E-state index in [1.807, 2.05) is 0 Å². The topological polar surface area (TPSA) is 40.6 Å². The van der Waals surface area contributed by atoms with E-state index >= 15 is 0 Å². The molecule has 0 aromatic carbocycles. The highest BCUT2D eigenvalue weighted by atomic mass is 16.2. The number of ketones is 1. The largest absolute Gasteiger partial charge is 0.339 e. The number of hydrogen-bond donors (Lipinski definition) is 0. The molecule has 1 amide bonds. The molecule has 0 N–H and O–H groups in total. The molecule has 4 aliphatic rings. The Morgan fingerprint density at radius 2 is 1.85 bits per heavy atom. The predicted octanol–water partition coefficient (Wildman–Crippen LogP) is 5.63. The van der Waals surface area contributed by atoms with Crippen LogP contribution in [0.3, 0.4) is 0 Å². The Balaban J connectivity index is 1.42. The molecular formula is C29H46N2O2. The Labute approximate surface area is 201 Å². The molecule has 4 heteroatoms. The Morgan fingerprint density at radius 3 is 2.48 bits per heavy atom. The van der Waals surface area contributed by atoms with Crippen molar-refractivity contribution < 1.29 is 9.59 Å². The van der Waals surface area contributed by atoms with E-state index in [9.17, 15) is 9.59 Å². The van der Waals surface area contributed by atoms with Gasteiger partial charge < -0.3 is 9.80 Å². The summed E-state index contributed by atoms with van der Waals surface area (Å²) in [5, 5.41) is 0. The van der Waals surface area contributed by atoms with Gasteiger partial charge in [0.2, 0.25) is 5.91 Å². The Hall–Kier alpha value is -1.42. The first-order valence-electron chi connectivity index (χ1n) is 13.6. The molecule has 1 saturated heterocycles. The third-order valence-corrected chi connectivity index (χ3v) is 9.21. The molecule has 4 atom stereocenters. The number of amides is 1. The minimum absolute atomic E-state index is 0.0310. The first kappa shape index (κ1) is 24.7. The summed E-state index contributed by atoms with van der Waals surface area (Å²) in [6, 6.07) is 0.273. The molecule has 0 bridgehead atoms. The molecule has 4 rings (SSSR count). The standard InChI is InChI=1S/C29H46N2O2/c1-5-31(27(33)21-22-9-8-12-26(22)32)25-13-14-29(24-11-7-6-10-23(24)25)16-19-30(20-17-29)18-15-28(2,3)4/h6-7,10-11,22-25H,5,8-9,12-21H2,1-4H3/t22?,23?,24?,25-/m0/s1. The Kier molecular flexibility index (Phi) is 7.53. The number of fused-ring (bicyclic) bond motifs is 2. The van der Waals surface area contributed by atoms with Crippen LogP contribution in [-0.4, -0.2) is 53.7 Å². The van der Waals surface area contributed by atoms with E-state index in [0.717, 1.165) is 25.8 Å². The van der Waals surface area contributed by atoms with Crippen LogP contribution in [0.4, 0.5) is 0 Å². The molecule has 4 nitrogen and oxygen atoms in total. The lowest BCUT2D eigenvalue weighted by Gasteiger charge is -2.55. The first-order chi connectivity index (χ1) is 15.7. The summed E-state index contributed by atoms with van der Waals surface area (Å²) in [7, 11) is 0. The molecule has 1 heterocycles. The number of Topliss-reactive ketones (excluding diaryl/α,β-unsaturated/α-hetero) is 1. The number of carbonyl (C=O) groups is 2. The molecule has 2 saturated carbocycles. The van der Waals surface area contributed by atoms with Gasteiger partial charge in [0.05, 0.1) is 0 Å². The SMILES string of the molecule is CCN(C(=O)CC1CCCC1=O)[C@H]1CCC2(CCN(CCC(C)(C)C)CC2)C2C=CC=CC21. The lowest BCUT2D eigenvalue weighted by molar-refractivity contribution is -0.140. The van der Waals surface area contributed by atoms with E-state index in [1.165, 1.54) is 45.3 Å². The number of likely N-dealkylation sites (tertiary alicyclic amines) is 1. The summed E-state index contributed by atoms with van der Waals surface area (Å²) in [6.07, 6.45) is 18.4. The third-order valence-electron chi connectivity index (χ3n) is 9.21. The Morgan fingerprint density at radius 1 is 1.12 bits per heavy atom. The van der Waals surface area contributed by atoms with Crippen molar-refractivity contribution in [2.45, 2.75) is 91.5 Å². The second kappa shape index (κ2) is 10.1. The molecule has 0 radical (unpaired) electrons. The first-order valence-corrected chi connectivity index (χ1v) is 13.6. The van der Waals surface area contributed by atoms with Gasteiger partial charge in [0.25, 0.3) is 0 Å². The van der Waals surface area contributed by atoms with Crippen LogP contribution in [-0.2, 0) is 9.59 Å². The molecule has 3 unspecified atom stereocenters. The van der Waals surface area contributed by atoms with E-state index in [4.69, 9.17) is 0 Å². The summed E-state index contributed by atoms with van der Waals surface area (Å²) in [5.41, 5.74) is 0.777. The van der Waals surface area contributed by atoms with Crippen LogP contribution in [0.5, 0.6) is 0 Å². The molecule has 1 spiro atoms. The summed E-state index contributed by atoms with van der Waals surface area (Å²) in [6.45, 7) is 13.5. The van der Waals surface area contributed by atoms with Crippen molar-refractivity contribution in [2.24, 2.45) is 28.6 Å². The van der Waals surface area contributed by atoms with Crippen molar-refractivity contribution in [1.82, 2.24) is 9.80 Å². The average Bonchev–Trinajstić information content (AvgIpc) is 3.19. The van der Waals surface area contributed by atoms with E-state index < -0.39 is 0 Å². The predicted molar refractivity (Wildman–Crippen MR) is 135 cm³/mol. The fourth-order valence-corrected chi connectivity index (χ4v) is 7.09. The van der Waals surface area contributed by atoms with E-state index in [1.54, 1.807) is 0 Å². The van der Waals surface area contributed by atoms with Gasteiger partial charge in [0.15, 0.2) is 0 Å². The minimum atomic E-state index is -0.0310. The van der Waals surface area contributed by atoms with Gasteiger partial charge in [-0.05, 0) is 88.3 Å². The summed E-state index contributed by atoms with van der Waals surface area (Å²) in [5.74, 6) is 1.42. The van der Waals surface area contributed by atoms with Crippen LogP contribution in [0.25, 0.3) is 0 Å². The van der Waals surface area contributed by atoms with Crippen molar-refractivity contribution in [3.05, 3.63) is 24.3 Å². The quantitative estimate of drug-likeness (QED) is 0.522. The fraction of sp³-hybridized carbons (Fsp3) is 0.793. The van der Waals surface area contributed by atoms with Gasteiger partial charge in [-0.15, -0.1) is 0 Å². The van der Waals surface area contributed by atoms with Crippen LogP contribution in [0.15, 0.2) is 24.3 Å². The average molecular weight is 455 g/mol. The van der Waals surface area contributed by atoms with Crippen molar-refractivity contribution in [3.8, 4) is 0 Å².